The minimum Gasteiger partial charge on any atom is -0.197 e. The van der Waals surface area contributed by atoms with Crippen molar-refractivity contribution in [3.05, 3.63) is 22.4 Å². The lowest BCUT2D eigenvalue weighted by Gasteiger charge is -2.42. The van der Waals surface area contributed by atoms with Crippen LogP contribution < -0.4 is 0 Å². The summed E-state index contributed by atoms with van der Waals surface area (Å²) in [7, 11) is 0. The Bertz CT molecular complexity index is 359. The van der Waals surface area contributed by atoms with Crippen LogP contribution in [0.2, 0.25) is 0 Å². The van der Waals surface area contributed by atoms with Crippen LogP contribution in [0.5, 0.6) is 0 Å². The summed E-state index contributed by atoms with van der Waals surface area (Å²) in [5.41, 5.74) is 0.518. The third-order valence-corrected chi connectivity index (χ3v) is 4.59. The van der Waals surface area contributed by atoms with E-state index >= 15 is 0 Å². The molecule has 0 aromatic carbocycles. The molecule has 1 aromatic rings. The molecule has 0 atom stereocenters. The number of nitriles is 1. The predicted octanol–water partition coefficient (Wildman–Crippen LogP) is 3.08. The Morgan fingerprint density at radius 2 is 2.15 bits per heavy atom. The van der Waals surface area contributed by atoms with Gasteiger partial charge in [0.1, 0.15) is 0 Å². The molecule has 0 amide bonds. The SMILES string of the molecule is N#CC1(c2cccs2)CC2(CC2)C1. The Balaban J connectivity index is 1.92. The van der Waals surface area contributed by atoms with Crippen molar-refractivity contribution in [2.75, 3.05) is 0 Å². The molecule has 1 heterocycles. The first-order valence-electron chi connectivity index (χ1n) is 4.74. The van der Waals surface area contributed by atoms with Crippen molar-refractivity contribution < 1.29 is 0 Å². The minimum absolute atomic E-state index is 0.0926. The molecular weight excluding hydrogens is 178 g/mol. The van der Waals surface area contributed by atoms with Crippen LogP contribution >= 0.6 is 11.3 Å². The second-order valence-corrected chi connectivity index (χ2v) is 5.47. The number of hydrogen-bond donors (Lipinski definition) is 0. The first-order chi connectivity index (χ1) is 6.29. The third-order valence-electron chi connectivity index (χ3n) is 3.52. The van der Waals surface area contributed by atoms with E-state index in [2.05, 4.69) is 23.6 Å². The van der Waals surface area contributed by atoms with Gasteiger partial charge in [-0.1, -0.05) is 6.07 Å². The van der Waals surface area contributed by atoms with E-state index in [9.17, 15) is 5.26 Å². The monoisotopic (exact) mass is 189 g/mol. The minimum atomic E-state index is -0.0926. The van der Waals surface area contributed by atoms with E-state index in [0.717, 1.165) is 12.8 Å². The highest BCUT2D eigenvalue weighted by atomic mass is 32.1. The van der Waals surface area contributed by atoms with Crippen molar-refractivity contribution in [2.24, 2.45) is 5.41 Å². The van der Waals surface area contributed by atoms with Gasteiger partial charge in [-0.05, 0) is 42.5 Å². The fraction of sp³-hybridized carbons (Fsp3) is 0.545. The summed E-state index contributed by atoms with van der Waals surface area (Å²) in [6, 6.07) is 6.69. The highest BCUT2D eigenvalue weighted by molar-refractivity contribution is 7.10. The topological polar surface area (TPSA) is 23.8 Å². The maximum Gasteiger partial charge on any atom is 0.0925 e. The van der Waals surface area contributed by atoms with Crippen LogP contribution in [0.15, 0.2) is 17.5 Å². The van der Waals surface area contributed by atoms with Gasteiger partial charge in [0.05, 0.1) is 11.5 Å². The van der Waals surface area contributed by atoms with Gasteiger partial charge < -0.3 is 0 Å². The summed E-state index contributed by atoms with van der Waals surface area (Å²) in [5, 5.41) is 11.3. The zero-order valence-corrected chi connectivity index (χ0v) is 8.23. The molecule has 2 saturated carbocycles. The number of hydrogen-bond acceptors (Lipinski definition) is 2. The fourth-order valence-corrected chi connectivity index (χ4v) is 3.49. The van der Waals surface area contributed by atoms with Gasteiger partial charge in [0.15, 0.2) is 0 Å². The first-order valence-corrected chi connectivity index (χ1v) is 5.62. The van der Waals surface area contributed by atoms with Gasteiger partial charge in [-0.3, -0.25) is 0 Å². The van der Waals surface area contributed by atoms with E-state index in [1.54, 1.807) is 11.3 Å². The van der Waals surface area contributed by atoms with E-state index < -0.39 is 0 Å². The lowest BCUT2D eigenvalue weighted by Crippen LogP contribution is -2.40. The third kappa shape index (κ3) is 0.912. The fourth-order valence-electron chi connectivity index (χ4n) is 2.62. The van der Waals surface area contributed by atoms with Gasteiger partial charge in [-0.15, -0.1) is 11.3 Å². The maximum absolute atomic E-state index is 9.22. The Morgan fingerprint density at radius 3 is 2.62 bits per heavy atom. The van der Waals surface area contributed by atoms with E-state index in [0.29, 0.717) is 5.41 Å². The highest BCUT2D eigenvalue weighted by Crippen LogP contribution is 2.69. The van der Waals surface area contributed by atoms with Crippen LogP contribution in [-0.2, 0) is 5.41 Å². The summed E-state index contributed by atoms with van der Waals surface area (Å²) >= 11 is 1.74. The predicted molar refractivity (Wildman–Crippen MR) is 52.5 cm³/mol. The molecular formula is C11H11NS. The standard InChI is InChI=1S/C11H11NS/c12-8-11(9-2-1-5-13-9)6-10(7-11)3-4-10/h1-2,5H,3-4,6-7H2. The molecule has 0 unspecified atom stereocenters. The second kappa shape index (κ2) is 2.16. The summed E-state index contributed by atoms with van der Waals surface area (Å²) in [6.07, 6.45) is 4.97. The van der Waals surface area contributed by atoms with Crippen LogP contribution in [0.4, 0.5) is 0 Å². The molecule has 0 N–H and O–H groups in total. The van der Waals surface area contributed by atoms with Crippen LogP contribution in [0.1, 0.15) is 30.6 Å². The van der Waals surface area contributed by atoms with E-state index in [4.69, 9.17) is 0 Å². The van der Waals surface area contributed by atoms with Crippen molar-refractivity contribution in [2.45, 2.75) is 31.1 Å². The second-order valence-electron chi connectivity index (χ2n) is 4.52. The van der Waals surface area contributed by atoms with E-state index in [1.165, 1.54) is 17.7 Å². The van der Waals surface area contributed by atoms with Crippen molar-refractivity contribution in [1.82, 2.24) is 0 Å². The van der Waals surface area contributed by atoms with Crippen molar-refractivity contribution in [3.8, 4) is 6.07 Å². The van der Waals surface area contributed by atoms with Gasteiger partial charge in [-0.25, -0.2) is 0 Å². The van der Waals surface area contributed by atoms with Crippen LogP contribution in [-0.4, -0.2) is 0 Å². The lowest BCUT2D eigenvalue weighted by atomic mass is 9.60. The van der Waals surface area contributed by atoms with Gasteiger partial charge >= 0.3 is 0 Å². The largest absolute Gasteiger partial charge is 0.197 e. The Morgan fingerprint density at radius 1 is 1.38 bits per heavy atom. The maximum atomic E-state index is 9.22. The summed E-state index contributed by atoms with van der Waals surface area (Å²) in [6.45, 7) is 0. The molecule has 3 rings (SSSR count). The molecule has 1 nitrogen and oxygen atoms in total. The molecule has 0 bridgehead atoms. The van der Waals surface area contributed by atoms with Gasteiger partial charge in [-0.2, -0.15) is 5.26 Å². The lowest BCUT2D eigenvalue weighted by molar-refractivity contribution is 0.176. The normalized spacial score (nSPS) is 26.4. The summed E-state index contributed by atoms with van der Waals surface area (Å²) in [5.74, 6) is 0. The van der Waals surface area contributed by atoms with E-state index in [1.807, 2.05) is 0 Å². The zero-order valence-electron chi connectivity index (χ0n) is 7.42. The van der Waals surface area contributed by atoms with Crippen LogP contribution in [0.3, 0.4) is 0 Å². The zero-order chi connectivity index (χ0) is 8.94. The Labute approximate surface area is 82.0 Å². The molecule has 0 radical (unpaired) electrons. The van der Waals surface area contributed by atoms with Gasteiger partial charge in [0.2, 0.25) is 0 Å². The van der Waals surface area contributed by atoms with Crippen molar-refractivity contribution in [3.63, 3.8) is 0 Å². The van der Waals surface area contributed by atoms with Gasteiger partial charge in [0.25, 0.3) is 0 Å². The quantitative estimate of drug-likeness (QED) is 0.666. The molecule has 0 saturated heterocycles. The van der Waals surface area contributed by atoms with Crippen molar-refractivity contribution >= 4 is 11.3 Å². The molecule has 66 valence electrons. The summed E-state index contributed by atoms with van der Waals surface area (Å²) < 4.78 is 0. The molecule has 2 heteroatoms. The average molecular weight is 189 g/mol. The molecule has 2 aliphatic carbocycles. The van der Waals surface area contributed by atoms with E-state index in [-0.39, 0.29) is 5.41 Å². The highest BCUT2D eigenvalue weighted by Gasteiger charge is 2.62. The Hall–Kier alpha value is -0.810. The molecule has 13 heavy (non-hydrogen) atoms. The van der Waals surface area contributed by atoms with Crippen LogP contribution in [0, 0.1) is 16.7 Å². The number of thiophene rings is 1. The van der Waals surface area contributed by atoms with Crippen molar-refractivity contribution in [1.29, 1.82) is 5.26 Å². The number of rotatable bonds is 1. The smallest absolute Gasteiger partial charge is 0.0925 e. The van der Waals surface area contributed by atoms with Crippen LogP contribution in [0.25, 0.3) is 0 Å². The molecule has 2 aliphatic rings. The molecule has 1 spiro atoms. The summed E-state index contributed by atoms with van der Waals surface area (Å²) in [4.78, 5) is 1.28. The molecule has 2 fully saturated rings. The molecule has 1 aromatic heterocycles. The molecule has 0 aliphatic heterocycles. The Kier molecular flexibility index (Phi) is 1.26. The number of nitrogens with zero attached hydrogens (tertiary/aromatic N) is 1. The first kappa shape index (κ1) is 7.58. The van der Waals surface area contributed by atoms with Gasteiger partial charge in [0, 0.05) is 4.88 Å². The average Bonchev–Trinajstić information content (AvgIpc) is 2.67.